The molecule has 1 heterocycles. The Labute approximate surface area is 133 Å². The molecule has 2 heteroatoms. The minimum atomic E-state index is 0. The molecule has 0 bridgehead atoms. The second-order valence-corrected chi connectivity index (χ2v) is 3.22. The molecule has 0 aliphatic rings. The van der Waals surface area contributed by atoms with Gasteiger partial charge in [0.15, 0.2) is 0 Å². The van der Waals surface area contributed by atoms with Crippen molar-refractivity contribution in [3.63, 3.8) is 0 Å². The van der Waals surface area contributed by atoms with Crippen LogP contribution in [0.25, 0.3) is 21.8 Å². The summed E-state index contributed by atoms with van der Waals surface area (Å²) in [6, 6.07) is 16.8. The zero-order valence-corrected chi connectivity index (χ0v) is 13.0. The molecule has 2 aromatic carbocycles. The molecule has 1 aromatic heterocycles. The fourth-order valence-corrected chi connectivity index (χ4v) is 1.80. The quantitative estimate of drug-likeness (QED) is 0.598. The van der Waals surface area contributed by atoms with Crippen molar-refractivity contribution in [1.29, 1.82) is 0 Å². The predicted octanol–water partition coefficient (Wildman–Crippen LogP) is 0.438. The summed E-state index contributed by atoms with van der Waals surface area (Å²) in [6.45, 7) is 0. The van der Waals surface area contributed by atoms with Crippen LogP contribution in [0.15, 0.2) is 48.5 Å². The van der Waals surface area contributed by atoms with Crippen LogP contribution in [0.5, 0.6) is 0 Å². The first kappa shape index (κ1) is 10.6. The molecule has 0 saturated heterocycles. The number of aromatic nitrogens is 1. The molecule has 0 atom stereocenters. The smallest absolute Gasteiger partial charge is 1.00 e. The molecular weight excluding hydrogens is 244 g/mol. The Morgan fingerprint density at radius 2 is 1.14 bits per heavy atom. The van der Waals surface area contributed by atoms with Gasteiger partial charge in [-0.05, 0) is 12.1 Å². The number of aromatic amines is 1. The number of H-pyrrole nitrogens is 1. The maximum absolute atomic E-state index is 3.38. The van der Waals surface area contributed by atoms with Gasteiger partial charge in [0.05, 0.1) is 0 Å². The van der Waals surface area contributed by atoms with Gasteiger partial charge in [-0.1, -0.05) is 36.4 Å². The number of fused-ring (bicyclic) bond motifs is 3. The maximum atomic E-state index is 3.38. The fraction of sp³-hybridized carbons (Fsp3) is 0. The first-order chi connectivity index (χ1) is 6.45. The van der Waals surface area contributed by atoms with E-state index in [1.807, 2.05) is 0 Å². The van der Waals surface area contributed by atoms with E-state index in [0.29, 0.717) is 0 Å². The van der Waals surface area contributed by atoms with Gasteiger partial charge in [0.25, 0.3) is 0 Å². The first-order valence-electron chi connectivity index (χ1n) is 4.40. The molecule has 0 aliphatic carbocycles. The maximum Gasteiger partial charge on any atom is 1.00 e. The second-order valence-electron chi connectivity index (χ2n) is 3.22. The van der Waals surface area contributed by atoms with E-state index in [1.54, 1.807) is 0 Å². The Kier molecular flexibility index (Phi) is 3.22. The van der Waals surface area contributed by atoms with Crippen LogP contribution in [0.3, 0.4) is 0 Å². The zero-order valence-electron chi connectivity index (χ0n) is 9.12. The summed E-state index contributed by atoms with van der Waals surface area (Å²) in [5.41, 5.74) is 2.42. The van der Waals surface area contributed by atoms with E-state index in [1.165, 1.54) is 21.8 Å². The van der Waals surface area contributed by atoms with Crippen molar-refractivity contribution in [3.05, 3.63) is 48.5 Å². The van der Waals surface area contributed by atoms with E-state index < -0.39 is 0 Å². The minimum Gasteiger partial charge on any atom is -1.00 e. The molecule has 0 fully saturated rings. The average molecular weight is 254 g/mol. The fourth-order valence-electron chi connectivity index (χ4n) is 1.80. The van der Waals surface area contributed by atoms with Gasteiger partial charge in [-0.2, -0.15) is 0 Å². The van der Waals surface area contributed by atoms with Crippen molar-refractivity contribution in [3.8, 4) is 0 Å². The van der Waals surface area contributed by atoms with Gasteiger partial charge in [-0.25, -0.2) is 0 Å². The normalized spacial score (nSPS) is 10.3. The Hall–Kier alpha value is 0.0452. The largest absolute Gasteiger partial charge is 1.00 e. The molecule has 1 nitrogen and oxygen atoms in total. The van der Waals surface area contributed by atoms with Crippen molar-refractivity contribution in [2.45, 2.75) is 0 Å². The monoisotopic (exact) mass is 253 g/mol. The van der Waals surface area contributed by atoms with Gasteiger partial charge in [-0.15, -0.1) is 0 Å². The van der Waals surface area contributed by atoms with Crippen molar-refractivity contribution in [2.24, 2.45) is 0 Å². The van der Waals surface area contributed by atoms with E-state index in [4.69, 9.17) is 0 Å². The number of nitrogens with one attached hydrogen (secondary N) is 1. The third-order valence-corrected chi connectivity index (χ3v) is 2.41. The van der Waals surface area contributed by atoms with Gasteiger partial charge in [-0.3, -0.25) is 0 Å². The van der Waals surface area contributed by atoms with Crippen LogP contribution in [-0.4, -0.2) is 4.98 Å². The van der Waals surface area contributed by atoms with Gasteiger partial charge in [0, 0.05) is 21.8 Å². The molecule has 0 aliphatic heterocycles. The van der Waals surface area contributed by atoms with Crippen LogP contribution in [0.1, 0.15) is 1.43 Å². The molecule has 3 aromatic rings. The Morgan fingerprint density at radius 3 is 1.64 bits per heavy atom. The van der Waals surface area contributed by atoms with Crippen LogP contribution in [0, 0.1) is 0 Å². The van der Waals surface area contributed by atoms with Gasteiger partial charge in [0.1, 0.15) is 0 Å². The van der Waals surface area contributed by atoms with Crippen LogP contribution in [0.4, 0.5) is 0 Å². The van der Waals surface area contributed by atoms with Crippen molar-refractivity contribution in [1.82, 2.24) is 4.98 Å². The second kappa shape index (κ2) is 4.27. The molecule has 64 valence electrons. The summed E-state index contributed by atoms with van der Waals surface area (Å²) in [5.74, 6) is 0. The molecular formula is C12H10NRb. The SMILES string of the molecule is [H-].[Rb+].c1ccc2c(c1)[nH]c1ccccc12. The van der Waals surface area contributed by atoms with E-state index in [0.717, 1.165) is 0 Å². The molecule has 1 N–H and O–H groups in total. The summed E-state index contributed by atoms with van der Waals surface area (Å²) in [6.07, 6.45) is 0. The van der Waals surface area contributed by atoms with Crippen LogP contribution >= 0.6 is 0 Å². The molecule has 0 saturated carbocycles. The van der Waals surface area contributed by atoms with Gasteiger partial charge >= 0.3 is 58.2 Å². The minimum absolute atomic E-state index is 0. The number of hydrogen-bond donors (Lipinski definition) is 1. The topological polar surface area (TPSA) is 15.8 Å². The summed E-state index contributed by atoms with van der Waals surface area (Å²) < 4.78 is 0. The molecule has 3 rings (SSSR count). The van der Waals surface area contributed by atoms with E-state index >= 15 is 0 Å². The van der Waals surface area contributed by atoms with E-state index in [2.05, 4.69) is 53.5 Å². The van der Waals surface area contributed by atoms with Crippen molar-refractivity contribution < 1.29 is 59.6 Å². The van der Waals surface area contributed by atoms with Crippen molar-refractivity contribution in [2.75, 3.05) is 0 Å². The molecule has 0 spiro atoms. The molecule has 0 amide bonds. The zero-order chi connectivity index (χ0) is 8.67. The Bertz CT molecular complexity index is 523. The van der Waals surface area contributed by atoms with E-state index in [9.17, 15) is 0 Å². The first-order valence-corrected chi connectivity index (χ1v) is 4.40. The number of para-hydroxylation sites is 2. The van der Waals surface area contributed by atoms with Gasteiger partial charge < -0.3 is 6.41 Å². The number of benzene rings is 2. The third-order valence-electron chi connectivity index (χ3n) is 2.41. The van der Waals surface area contributed by atoms with Gasteiger partial charge in [0.2, 0.25) is 0 Å². The summed E-state index contributed by atoms with van der Waals surface area (Å²) in [7, 11) is 0. The standard InChI is InChI=1S/C12H9N.Rb.H/c1-3-7-11-9(5-1)10-6-2-4-8-12(10)13-11;;/h1-8,13H;;/q;+1;-1. The number of rotatable bonds is 0. The number of hydrogen-bond acceptors (Lipinski definition) is 0. The summed E-state index contributed by atoms with van der Waals surface area (Å²) in [5, 5.41) is 2.61. The van der Waals surface area contributed by atoms with Crippen molar-refractivity contribution >= 4 is 21.8 Å². The molecule has 14 heavy (non-hydrogen) atoms. The van der Waals surface area contributed by atoms with Crippen LogP contribution in [0.2, 0.25) is 0 Å². The third kappa shape index (κ3) is 1.63. The Morgan fingerprint density at radius 1 is 0.714 bits per heavy atom. The molecule has 0 radical (unpaired) electrons. The average Bonchev–Trinajstić information content (AvgIpc) is 2.56. The van der Waals surface area contributed by atoms with Crippen LogP contribution in [-0.2, 0) is 0 Å². The Balaban J connectivity index is 0.000000562. The summed E-state index contributed by atoms with van der Waals surface area (Å²) >= 11 is 0. The predicted molar refractivity (Wildman–Crippen MR) is 56.9 cm³/mol. The molecule has 0 unspecified atom stereocenters. The summed E-state index contributed by atoms with van der Waals surface area (Å²) in [4.78, 5) is 3.38. The van der Waals surface area contributed by atoms with E-state index in [-0.39, 0.29) is 59.6 Å². The van der Waals surface area contributed by atoms with Crippen LogP contribution < -0.4 is 58.2 Å².